The molecule has 1 aromatic heterocycles. The van der Waals surface area contributed by atoms with Crippen molar-refractivity contribution in [2.75, 3.05) is 4.90 Å². The first kappa shape index (κ1) is 37.2. The second-order valence-corrected chi connectivity index (χ2v) is 18.8. The van der Waals surface area contributed by atoms with Crippen molar-refractivity contribution in [2.45, 2.75) is 24.7 Å². The van der Waals surface area contributed by atoms with Gasteiger partial charge in [0.25, 0.3) is 0 Å². The molecule has 1 atom stereocenters. The largest absolute Gasteiger partial charge is 0.310 e. The van der Waals surface area contributed by atoms with Crippen molar-refractivity contribution < 1.29 is 0 Å². The van der Waals surface area contributed by atoms with Gasteiger partial charge in [-0.1, -0.05) is 202 Å². The molecule has 1 unspecified atom stereocenters. The van der Waals surface area contributed by atoms with E-state index in [1.807, 2.05) is 0 Å². The van der Waals surface area contributed by atoms with Gasteiger partial charge in [-0.3, -0.25) is 0 Å². The third-order valence-electron chi connectivity index (χ3n) is 15.2. The lowest BCUT2D eigenvalue weighted by Gasteiger charge is -2.39. The first-order valence-electron chi connectivity index (χ1n) is 23.2. The fraction of sp³-hybridized carbons (Fsp3) is 0.0625. The van der Waals surface area contributed by atoms with Gasteiger partial charge in [-0.25, -0.2) is 0 Å². The third kappa shape index (κ3) is 4.91. The molecule has 0 bridgehead atoms. The quantitative estimate of drug-likeness (QED) is 0.168. The molecule has 10 aromatic carbocycles. The molecule has 2 aliphatic carbocycles. The van der Waals surface area contributed by atoms with E-state index < -0.39 is 5.41 Å². The van der Waals surface area contributed by atoms with E-state index in [0.29, 0.717) is 0 Å². The Hall–Kier alpha value is -8.20. The summed E-state index contributed by atoms with van der Waals surface area (Å²) in [6.45, 7) is 4.75. The molecule has 0 radical (unpaired) electrons. The molecule has 66 heavy (non-hydrogen) atoms. The van der Waals surface area contributed by atoms with Crippen LogP contribution in [-0.2, 0) is 10.8 Å². The smallest absolute Gasteiger partial charge is 0.0754 e. The summed E-state index contributed by atoms with van der Waals surface area (Å²) in [6, 6.07) is 86.3. The Bertz CT molecular complexity index is 3800. The van der Waals surface area contributed by atoms with E-state index in [-0.39, 0.29) is 5.41 Å². The molecule has 0 N–H and O–H groups in total. The number of aromatic nitrogens is 1. The lowest BCUT2D eigenvalue weighted by Crippen LogP contribution is -2.33. The van der Waals surface area contributed by atoms with Gasteiger partial charge in [-0.2, -0.15) is 0 Å². The molecule has 14 rings (SSSR count). The predicted molar refractivity (Wildman–Crippen MR) is 275 cm³/mol. The fourth-order valence-electron chi connectivity index (χ4n) is 12.3. The molecule has 2 nitrogen and oxygen atoms in total. The highest BCUT2D eigenvalue weighted by Gasteiger charge is 2.51. The monoisotopic (exact) mass is 840 g/mol. The molecule has 310 valence electrons. The Morgan fingerprint density at radius 3 is 1.74 bits per heavy atom. The number of nitrogens with zero attached hydrogens (tertiary/aromatic N) is 2. The number of para-hydroxylation sites is 4. The van der Waals surface area contributed by atoms with Gasteiger partial charge in [0.15, 0.2) is 0 Å². The maximum absolute atomic E-state index is 2.52. The first-order chi connectivity index (χ1) is 32.5. The van der Waals surface area contributed by atoms with Gasteiger partial charge in [0.05, 0.1) is 27.8 Å². The van der Waals surface area contributed by atoms with Crippen LogP contribution in [0.3, 0.4) is 0 Å². The van der Waals surface area contributed by atoms with Gasteiger partial charge in [0, 0.05) is 33.1 Å². The number of fused-ring (bicyclic) bond motifs is 15. The highest BCUT2D eigenvalue weighted by molar-refractivity contribution is 6.13. The topological polar surface area (TPSA) is 8.17 Å². The lowest BCUT2D eigenvalue weighted by atomic mass is 9.65. The van der Waals surface area contributed by atoms with Crippen LogP contribution in [0, 0.1) is 0 Å². The summed E-state index contributed by atoms with van der Waals surface area (Å²) < 4.78 is 2.52. The molecule has 3 aliphatic rings. The molecule has 1 aliphatic heterocycles. The predicted octanol–water partition coefficient (Wildman–Crippen LogP) is 16.6. The van der Waals surface area contributed by atoms with Gasteiger partial charge in [0.2, 0.25) is 0 Å². The van der Waals surface area contributed by atoms with Crippen LogP contribution in [0.15, 0.2) is 231 Å². The van der Waals surface area contributed by atoms with E-state index in [2.05, 4.69) is 254 Å². The molecule has 11 aromatic rings. The van der Waals surface area contributed by atoms with Crippen molar-refractivity contribution in [3.8, 4) is 50.2 Å². The molecule has 0 fully saturated rings. The Kier molecular flexibility index (Phi) is 7.70. The maximum atomic E-state index is 2.52. The van der Waals surface area contributed by atoms with Crippen molar-refractivity contribution in [1.29, 1.82) is 0 Å². The van der Waals surface area contributed by atoms with Crippen LogP contribution >= 0.6 is 0 Å². The van der Waals surface area contributed by atoms with Gasteiger partial charge in [-0.05, 0) is 115 Å². The van der Waals surface area contributed by atoms with Crippen molar-refractivity contribution in [2.24, 2.45) is 0 Å². The second kappa shape index (κ2) is 13.7. The van der Waals surface area contributed by atoms with Gasteiger partial charge < -0.3 is 9.47 Å². The van der Waals surface area contributed by atoms with Crippen molar-refractivity contribution in [3.05, 3.63) is 264 Å². The number of hydrogen-bond donors (Lipinski definition) is 0. The summed E-state index contributed by atoms with van der Waals surface area (Å²) in [7, 11) is 0. The average Bonchev–Trinajstić information content (AvgIpc) is 3.95. The Balaban J connectivity index is 1.01. The number of hydrogen-bond acceptors (Lipinski definition) is 1. The minimum atomic E-state index is -0.516. The summed E-state index contributed by atoms with van der Waals surface area (Å²) in [4.78, 5) is 2.51. The van der Waals surface area contributed by atoms with E-state index in [9.17, 15) is 0 Å². The fourth-order valence-corrected chi connectivity index (χ4v) is 12.3. The van der Waals surface area contributed by atoms with Gasteiger partial charge in [0.1, 0.15) is 0 Å². The molecule has 2 heteroatoms. The molecule has 0 amide bonds. The van der Waals surface area contributed by atoms with Gasteiger partial charge >= 0.3 is 0 Å². The van der Waals surface area contributed by atoms with Crippen LogP contribution in [-0.4, -0.2) is 4.57 Å². The molecular formula is C64H44N2. The zero-order chi connectivity index (χ0) is 43.7. The van der Waals surface area contributed by atoms with Crippen LogP contribution in [0.1, 0.15) is 47.2 Å². The summed E-state index contributed by atoms with van der Waals surface area (Å²) in [5.41, 5.74) is 24.5. The highest BCUT2D eigenvalue weighted by atomic mass is 15.1. The SMILES string of the molecule is CC1(C)c2ccccc2-c2ccc(N(c3ccc4c(c3)-c3ccccc3C43c4ccccc4-n4c5ccccc5c5cccc3c54)c3ccccc3-c3ccc(-c4ccccc4)cc3)cc21. The van der Waals surface area contributed by atoms with Crippen molar-refractivity contribution in [3.63, 3.8) is 0 Å². The van der Waals surface area contributed by atoms with Crippen LogP contribution in [0.2, 0.25) is 0 Å². The lowest BCUT2D eigenvalue weighted by molar-refractivity contribution is 0.660. The van der Waals surface area contributed by atoms with Gasteiger partial charge in [-0.15, -0.1) is 0 Å². The van der Waals surface area contributed by atoms with E-state index in [1.54, 1.807) is 0 Å². The van der Waals surface area contributed by atoms with Crippen LogP contribution < -0.4 is 4.90 Å². The number of rotatable bonds is 5. The molecule has 0 saturated heterocycles. The Morgan fingerprint density at radius 2 is 0.909 bits per heavy atom. The number of anilines is 3. The second-order valence-electron chi connectivity index (χ2n) is 18.8. The van der Waals surface area contributed by atoms with Crippen LogP contribution in [0.25, 0.3) is 72.0 Å². The van der Waals surface area contributed by atoms with Crippen LogP contribution in [0.5, 0.6) is 0 Å². The maximum Gasteiger partial charge on any atom is 0.0754 e. The van der Waals surface area contributed by atoms with E-state index in [0.717, 1.165) is 17.1 Å². The van der Waals surface area contributed by atoms with E-state index >= 15 is 0 Å². The molecule has 1 spiro atoms. The number of benzene rings is 10. The minimum Gasteiger partial charge on any atom is -0.310 e. The third-order valence-corrected chi connectivity index (χ3v) is 15.2. The Labute approximate surface area is 385 Å². The standard InChI is InChI=1S/C64H44N2/c1-63(2)53-24-10-6-20-47(53)49-37-35-45(40-58(49)63)65(59-28-13-8-19-46(59)43-33-31-42(32-34-43)41-17-4-3-5-18-41)44-36-38-55-52(39-44)48-21-7-11-25-54(48)64(55)56-26-12-15-30-61(56)66-60-29-14-9-22-50(60)51-23-16-27-57(64)62(51)66/h3-40H,1-2H3. The minimum absolute atomic E-state index is 0.151. The first-order valence-corrected chi connectivity index (χ1v) is 23.2. The van der Waals surface area contributed by atoms with E-state index in [1.165, 1.54) is 105 Å². The summed E-state index contributed by atoms with van der Waals surface area (Å²) in [5, 5.41) is 2.58. The molecular weight excluding hydrogens is 797 g/mol. The Morgan fingerprint density at radius 1 is 0.348 bits per heavy atom. The summed E-state index contributed by atoms with van der Waals surface area (Å²) in [5.74, 6) is 0. The van der Waals surface area contributed by atoms with E-state index in [4.69, 9.17) is 0 Å². The summed E-state index contributed by atoms with van der Waals surface area (Å²) >= 11 is 0. The zero-order valence-electron chi connectivity index (χ0n) is 36.8. The highest BCUT2D eigenvalue weighted by Crippen LogP contribution is 2.62. The summed E-state index contributed by atoms with van der Waals surface area (Å²) in [6.07, 6.45) is 0. The molecule has 0 saturated carbocycles. The molecule has 2 heterocycles. The average molecular weight is 841 g/mol. The van der Waals surface area contributed by atoms with Crippen molar-refractivity contribution in [1.82, 2.24) is 4.57 Å². The normalized spacial score (nSPS) is 15.6. The van der Waals surface area contributed by atoms with Crippen LogP contribution in [0.4, 0.5) is 17.1 Å². The zero-order valence-corrected chi connectivity index (χ0v) is 36.8. The van der Waals surface area contributed by atoms with Crippen molar-refractivity contribution >= 4 is 38.9 Å².